The van der Waals surface area contributed by atoms with Crippen LogP contribution in [0.25, 0.3) is 0 Å². The Hall–Kier alpha value is -2.81. The SMILES string of the molecule is Cc1ccc(Oc2cncc(Oc3ccc(C)c(C)c3)c2)cc1C. The van der Waals surface area contributed by atoms with Crippen molar-refractivity contribution >= 4 is 0 Å². The quantitative estimate of drug-likeness (QED) is 0.600. The van der Waals surface area contributed by atoms with E-state index in [0.29, 0.717) is 11.5 Å². The molecule has 1 aromatic heterocycles. The highest BCUT2D eigenvalue weighted by Gasteiger charge is 2.04. The van der Waals surface area contributed by atoms with Crippen molar-refractivity contribution in [3.63, 3.8) is 0 Å². The van der Waals surface area contributed by atoms with E-state index in [1.807, 2.05) is 42.5 Å². The number of aryl methyl sites for hydroxylation is 4. The fourth-order valence-corrected chi connectivity index (χ4v) is 2.34. The molecule has 1 heterocycles. The molecule has 0 saturated heterocycles. The van der Waals surface area contributed by atoms with E-state index in [2.05, 4.69) is 32.7 Å². The Morgan fingerprint density at radius 3 is 1.42 bits per heavy atom. The molecule has 0 aliphatic rings. The number of nitrogens with zero attached hydrogens (tertiary/aromatic N) is 1. The van der Waals surface area contributed by atoms with Crippen LogP contribution in [0.1, 0.15) is 22.3 Å². The van der Waals surface area contributed by atoms with Gasteiger partial charge in [-0.1, -0.05) is 12.1 Å². The highest BCUT2D eigenvalue weighted by molar-refractivity contribution is 5.40. The molecule has 0 atom stereocenters. The Kier molecular flexibility index (Phi) is 4.52. The molecular weight excluding hydrogens is 298 g/mol. The van der Waals surface area contributed by atoms with E-state index in [-0.39, 0.29) is 0 Å². The summed E-state index contributed by atoms with van der Waals surface area (Å²) in [5.41, 5.74) is 4.88. The zero-order valence-corrected chi connectivity index (χ0v) is 14.5. The van der Waals surface area contributed by atoms with Gasteiger partial charge in [-0.2, -0.15) is 0 Å². The molecule has 24 heavy (non-hydrogen) atoms. The number of hydrogen-bond donors (Lipinski definition) is 0. The average Bonchev–Trinajstić information content (AvgIpc) is 2.55. The normalized spacial score (nSPS) is 10.5. The summed E-state index contributed by atoms with van der Waals surface area (Å²) in [5.74, 6) is 2.89. The summed E-state index contributed by atoms with van der Waals surface area (Å²) < 4.78 is 11.8. The van der Waals surface area contributed by atoms with Crippen LogP contribution in [-0.4, -0.2) is 4.98 Å². The molecule has 0 unspecified atom stereocenters. The Balaban J connectivity index is 1.78. The number of hydrogen-bond acceptors (Lipinski definition) is 3. The molecule has 0 aliphatic carbocycles. The van der Waals surface area contributed by atoms with Crippen LogP contribution in [0.5, 0.6) is 23.0 Å². The minimum absolute atomic E-state index is 0.652. The second kappa shape index (κ2) is 6.75. The summed E-state index contributed by atoms with van der Waals surface area (Å²) in [6.45, 7) is 8.30. The predicted molar refractivity (Wildman–Crippen MR) is 96.2 cm³/mol. The molecular formula is C21H21NO2. The molecule has 2 aromatic carbocycles. The Bertz CT molecular complexity index is 803. The number of pyridine rings is 1. The van der Waals surface area contributed by atoms with E-state index in [4.69, 9.17) is 9.47 Å². The fraction of sp³-hybridized carbons (Fsp3) is 0.190. The molecule has 0 N–H and O–H groups in total. The van der Waals surface area contributed by atoms with Crippen LogP contribution < -0.4 is 9.47 Å². The maximum Gasteiger partial charge on any atom is 0.149 e. The van der Waals surface area contributed by atoms with Crippen molar-refractivity contribution in [2.24, 2.45) is 0 Å². The lowest BCUT2D eigenvalue weighted by molar-refractivity contribution is 0.455. The smallest absolute Gasteiger partial charge is 0.149 e. The van der Waals surface area contributed by atoms with Gasteiger partial charge in [0.2, 0.25) is 0 Å². The summed E-state index contributed by atoms with van der Waals surface area (Å²) in [7, 11) is 0. The first-order valence-corrected chi connectivity index (χ1v) is 7.96. The maximum absolute atomic E-state index is 5.89. The summed E-state index contributed by atoms with van der Waals surface area (Å²) in [4.78, 5) is 4.21. The topological polar surface area (TPSA) is 31.4 Å². The van der Waals surface area contributed by atoms with Crippen LogP contribution in [0.2, 0.25) is 0 Å². The lowest BCUT2D eigenvalue weighted by atomic mass is 10.1. The lowest BCUT2D eigenvalue weighted by Crippen LogP contribution is -1.91. The minimum atomic E-state index is 0.652. The van der Waals surface area contributed by atoms with Crippen molar-refractivity contribution in [1.29, 1.82) is 0 Å². The van der Waals surface area contributed by atoms with Gasteiger partial charge < -0.3 is 9.47 Å². The van der Waals surface area contributed by atoms with Gasteiger partial charge in [0, 0.05) is 6.07 Å². The third-order valence-corrected chi connectivity index (χ3v) is 4.12. The molecule has 0 amide bonds. The van der Waals surface area contributed by atoms with E-state index in [9.17, 15) is 0 Å². The first-order chi connectivity index (χ1) is 11.5. The standard InChI is InChI=1S/C21H21NO2/c1-14-5-7-18(9-16(14)3)23-20-11-21(13-22-12-20)24-19-8-6-15(2)17(4)10-19/h5-13H,1-4H3. The molecule has 3 rings (SSSR count). The monoisotopic (exact) mass is 319 g/mol. The summed E-state index contributed by atoms with van der Waals surface area (Å²) >= 11 is 0. The third-order valence-electron chi connectivity index (χ3n) is 4.12. The van der Waals surface area contributed by atoms with E-state index in [1.54, 1.807) is 12.4 Å². The van der Waals surface area contributed by atoms with Gasteiger partial charge in [0.1, 0.15) is 23.0 Å². The Morgan fingerprint density at radius 2 is 1.00 bits per heavy atom. The van der Waals surface area contributed by atoms with Crippen LogP contribution in [0.15, 0.2) is 54.9 Å². The van der Waals surface area contributed by atoms with E-state index in [1.165, 1.54) is 22.3 Å². The molecule has 3 aromatic rings. The first-order valence-electron chi connectivity index (χ1n) is 7.96. The maximum atomic E-state index is 5.89. The summed E-state index contributed by atoms with van der Waals surface area (Å²) in [6, 6.07) is 13.9. The second-order valence-electron chi connectivity index (χ2n) is 6.05. The molecule has 122 valence electrons. The van der Waals surface area contributed by atoms with Crippen molar-refractivity contribution in [3.05, 3.63) is 77.1 Å². The largest absolute Gasteiger partial charge is 0.456 e. The van der Waals surface area contributed by atoms with Gasteiger partial charge in [0.15, 0.2) is 0 Å². The zero-order valence-electron chi connectivity index (χ0n) is 14.5. The minimum Gasteiger partial charge on any atom is -0.456 e. The Morgan fingerprint density at radius 1 is 0.542 bits per heavy atom. The van der Waals surface area contributed by atoms with Crippen molar-refractivity contribution < 1.29 is 9.47 Å². The van der Waals surface area contributed by atoms with Crippen LogP contribution in [0.4, 0.5) is 0 Å². The molecule has 3 nitrogen and oxygen atoms in total. The average molecular weight is 319 g/mol. The van der Waals surface area contributed by atoms with Gasteiger partial charge in [-0.3, -0.25) is 4.98 Å². The van der Waals surface area contributed by atoms with Gasteiger partial charge in [-0.05, 0) is 74.2 Å². The number of rotatable bonds is 4. The van der Waals surface area contributed by atoms with Crippen molar-refractivity contribution in [3.8, 4) is 23.0 Å². The van der Waals surface area contributed by atoms with Gasteiger partial charge >= 0.3 is 0 Å². The van der Waals surface area contributed by atoms with Gasteiger partial charge in [0.05, 0.1) is 12.4 Å². The van der Waals surface area contributed by atoms with E-state index >= 15 is 0 Å². The number of ether oxygens (including phenoxy) is 2. The number of benzene rings is 2. The zero-order chi connectivity index (χ0) is 17.1. The molecule has 0 saturated carbocycles. The van der Waals surface area contributed by atoms with Crippen LogP contribution in [0, 0.1) is 27.7 Å². The first kappa shape index (κ1) is 16.1. The number of aromatic nitrogens is 1. The third kappa shape index (κ3) is 3.74. The van der Waals surface area contributed by atoms with E-state index < -0.39 is 0 Å². The van der Waals surface area contributed by atoms with Gasteiger partial charge in [-0.25, -0.2) is 0 Å². The summed E-state index contributed by atoms with van der Waals surface area (Å²) in [5, 5.41) is 0. The molecule has 0 radical (unpaired) electrons. The molecule has 0 bridgehead atoms. The van der Waals surface area contributed by atoms with Crippen molar-refractivity contribution in [2.45, 2.75) is 27.7 Å². The van der Waals surface area contributed by atoms with Gasteiger partial charge in [-0.15, -0.1) is 0 Å². The molecule has 3 heteroatoms. The highest BCUT2D eigenvalue weighted by Crippen LogP contribution is 2.28. The molecule has 0 aliphatic heterocycles. The summed E-state index contributed by atoms with van der Waals surface area (Å²) in [6.07, 6.45) is 3.37. The molecule has 0 fully saturated rings. The van der Waals surface area contributed by atoms with Crippen LogP contribution >= 0.6 is 0 Å². The van der Waals surface area contributed by atoms with Crippen LogP contribution in [-0.2, 0) is 0 Å². The lowest BCUT2D eigenvalue weighted by Gasteiger charge is -2.10. The highest BCUT2D eigenvalue weighted by atomic mass is 16.5. The Labute approximate surface area is 142 Å². The second-order valence-corrected chi connectivity index (χ2v) is 6.05. The fourth-order valence-electron chi connectivity index (χ4n) is 2.34. The van der Waals surface area contributed by atoms with Crippen molar-refractivity contribution in [2.75, 3.05) is 0 Å². The van der Waals surface area contributed by atoms with E-state index in [0.717, 1.165) is 11.5 Å². The molecule has 0 spiro atoms. The predicted octanol–water partition coefficient (Wildman–Crippen LogP) is 5.90. The van der Waals surface area contributed by atoms with Gasteiger partial charge in [0.25, 0.3) is 0 Å². The van der Waals surface area contributed by atoms with Crippen molar-refractivity contribution in [1.82, 2.24) is 4.98 Å². The van der Waals surface area contributed by atoms with Crippen LogP contribution in [0.3, 0.4) is 0 Å².